The highest BCUT2D eigenvalue weighted by molar-refractivity contribution is 5.98. The minimum Gasteiger partial charge on any atom is -0.368 e. The Balaban J connectivity index is 0.00000176. The lowest BCUT2D eigenvalue weighted by Gasteiger charge is -2.29. The fourth-order valence-electron chi connectivity index (χ4n) is 2.59. The number of anilines is 2. The first-order valence-electron chi connectivity index (χ1n) is 7.24. The van der Waals surface area contributed by atoms with Crippen LogP contribution in [0.2, 0.25) is 0 Å². The van der Waals surface area contributed by atoms with Crippen molar-refractivity contribution in [3.05, 3.63) is 18.3 Å². The summed E-state index contributed by atoms with van der Waals surface area (Å²) < 4.78 is 0. The van der Waals surface area contributed by atoms with Crippen LogP contribution in [0.1, 0.15) is 12.8 Å². The zero-order valence-corrected chi connectivity index (χ0v) is 13.0. The summed E-state index contributed by atoms with van der Waals surface area (Å²) in [7, 11) is 0. The summed E-state index contributed by atoms with van der Waals surface area (Å²) in [6, 6.07) is 3.32. The van der Waals surface area contributed by atoms with Gasteiger partial charge < -0.3 is 20.9 Å². The van der Waals surface area contributed by atoms with E-state index >= 15 is 0 Å². The number of aromatic nitrogens is 1. The van der Waals surface area contributed by atoms with Gasteiger partial charge in [-0.1, -0.05) is 0 Å². The number of carbonyl (C=O) groups excluding carboxylic acids is 2. The van der Waals surface area contributed by atoms with Crippen molar-refractivity contribution >= 4 is 35.7 Å². The number of nitrogens with one attached hydrogen (secondary N) is 3. The first-order chi connectivity index (χ1) is 10.2. The van der Waals surface area contributed by atoms with Gasteiger partial charge in [-0.2, -0.15) is 0 Å². The zero-order chi connectivity index (χ0) is 14.7. The molecule has 3 N–H and O–H groups in total. The first-order valence-corrected chi connectivity index (χ1v) is 7.24. The molecule has 3 heterocycles. The molecule has 0 unspecified atom stereocenters. The molecule has 22 heavy (non-hydrogen) atoms. The number of halogens is 1. The summed E-state index contributed by atoms with van der Waals surface area (Å²) in [4.78, 5) is 29.6. The smallest absolute Gasteiger partial charge is 0.248 e. The van der Waals surface area contributed by atoms with Gasteiger partial charge in [0.25, 0.3) is 0 Å². The maximum atomic E-state index is 12.0. The van der Waals surface area contributed by atoms with Gasteiger partial charge in [-0.3, -0.25) is 9.59 Å². The highest BCUT2D eigenvalue weighted by atomic mass is 35.5. The fraction of sp³-hybridized carbons (Fsp3) is 0.500. The molecule has 2 aliphatic rings. The first kappa shape index (κ1) is 16.5. The lowest BCUT2D eigenvalue weighted by molar-refractivity contribution is -0.122. The Labute approximate surface area is 135 Å². The van der Waals surface area contributed by atoms with Crippen LogP contribution in [0.3, 0.4) is 0 Å². The number of carbonyl (C=O) groups is 2. The number of hydrogen-bond donors (Lipinski definition) is 3. The van der Waals surface area contributed by atoms with E-state index < -0.39 is 6.04 Å². The van der Waals surface area contributed by atoms with E-state index in [4.69, 9.17) is 0 Å². The van der Waals surface area contributed by atoms with Crippen molar-refractivity contribution in [1.29, 1.82) is 0 Å². The van der Waals surface area contributed by atoms with Crippen LogP contribution in [0.4, 0.5) is 11.5 Å². The molecule has 0 bridgehead atoms. The molecular formula is C14H20ClN5O2. The summed E-state index contributed by atoms with van der Waals surface area (Å²) in [6.07, 6.45) is 2.73. The van der Waals surface area contributed by atoms with Crippen LogP contribution in [0, 0.1) is 0 Å². The van der Waals surface area contributed by atoms with Gasteiger partial charge in [0.2, 0.25) is 11.8 Å². The third kappa shape index (κ3) is 3.86. The molecule has 0 spiro atoms. The van der Waals surface area contributed by atoms with Crippen LogP contribution in [0.5, 0.6) is 0 Å². The third-order valence-corrected chi connectivity index (χ3v) is 3.79. The molecule has 2 fully saturated rings. The van der Waals surface area contributed by atoms with Gasteiger partial charge in [-0.25, -0.2) is 4.98 Å². The van der Waals surface area contributed by atoms with Crippen LogP contribution in [0.15, 0.2) is 18.3 Å². The SMILES string of the molecule is Cl.O=C1CC[C@@H](C(=O)Nc2ccc(N3CCNCC3)cn2)N1. The van der Waals surface area contributed by atoms with E-state index in [-0.39, 0.29) is 24.2 Å². The maximum Gasteiger partial charge on any atom is 0.248 e. The van der Waals surface area contributed by atoms with Crippen molar-refractivity contribution < 1.29 is 9.59 Å². The van der Waals surface area contributed by atoms with E-state index in [0.29, 0.717) is 18.7 Å². The van der Waals surface area contributed by atoms with Crippen molar-refractivity contribution in [1.82, 2.24) is 15.6 Å². The van der Waals surface area contributed by atoms with E-state index in [1.54, 1.807) is 12.3 Å². The molecular weight excluding hydrogens is 306 g/mol. The standard InChI is InChI=1S/C14H19N5O2.ClH/c20-13-4-2-11(17-13)14(21)18-12-3-1-10(9-16-12)19-7-5-15-6-8-19;/h1,3,9,11,15H,2,4-8H2,(H,17,20)(H,16,18,21);1H/t11-;/m0./s1. The Hall–Kier alpha value is -1.86. The quantitative estimate of drug-likeness (QED) is 0.735. The predicted molar refractivity (Wildman–Crippen MR) is 86.4 cm³/mol. The van der Waals surface area contributed by atoms with Gasteiger partial charge in [0, 0.05) is 32.6 Å². The molecule has 2 amide bonds. The van der Waals surface area contributed by atoms with Crippen molar-refractivity contribution in [2.45, 2.75) is 18.9 Å². The molecule has 7 nitrogen and oxygen atoms in total. The third-order valence-electron chi connectivity index (χ3n) is 3.79. The number of hydrogen-bond acceptors (Lipinski definition) is 5. The van der Waals surface area contributed by atoms with Gasteiger partial charge in [0.05, 0.1) is 11.9 Å². The van der Waals surface area contributed by atoms with Crippen molar-refractivity contribution in [2.75, 3.05) is 36.4 Å². The number of pyridine rings is 1. The minimum atomic E-state index is -0.438. The van der Waals surface area contributed by atoms with Crippen molar-refractivity contribution in [3.63, 3.8) is 0 Å². The maximum absolute atomic E-state index is 12.0. The van der Waals surface area contributed by atoms with Crippen LogP contribution in [-0.2, 0) is 9.59 Å². The van der Waals surface area contributed by atoms with Gasteiger partial charge in [0.1, 0.15) is 11.9 Å². The topological polar surface area (TPSA) is 86.4 Å². The molecule has 1 atom stereocenters. The molecule has 0 saturated carbocycles. The lowest BCUT2D eigenvalue weighted by Crippen LogP contribution is -2.43. The number of amides is 2. The van der Waals surface area contributed by atoms with E-state index in [1.807, 2.05) is 6.07 Å². The van der Waals surface area contributed by atoms with Gasteiger partial charge in [0.15, 0.2) is 0 Å². The van der Waals surface area contributed by atoms with Crippen LogP contribution in [0.25, 0.3) is 0 Å². The molecule has 3 rings (SSSR count). The largest absolute Gasteiger partial charge is 0.368 e. The van der Waals surface area contributed by atoms with Gasteiger partial charge in [-0.15, -0.1) is 12.4 Å². The molecule has 120 valence electrons. The molecule has 2 aliphatic heterocycles. The Bertz CT molecular complexity index is 531. The highest BCUT2D eigenvalue weighted by Gasteiger charge is 2.27. The lowest BCUT2D eigenvalue weighted by atomic mass is 10.2. The summed E-state index contributed by atoms with van der Waals surface area (Å²) in [5, 5.41) is 8.69. The second-order valence-electron chi connectivity index (χ2n) is 5.29. The number of rotatable bonds is 3. The van der Waals surface area contributed by atoms with E-state index in [1.165, 1.54) is 0 Å². The summed E-state index contributed by atoms with van der Waals surface area (Å²) >= 11 is 0. The van der Waals surface area contributed by atoms with Crippen LogP contribution >= 0.6 is 12.4 Å². The second-order valence-corrected chi connectivity index (χ2v) is 5.29. The van der Waals surface area contributed by atoms with Gasteiger partial charge in [-0.05, 0) is 18.6 Å². The molecule has 2 saturated heterocycles. The molecule has 0 radical (unpaired) electrons. The van der Waals surface area contributed by atoms with Crippen LogP contribution < -0.4 is 20.9 Å². The Morgan fingerprint density at radius 1 is 1.32 bits per heavy atom. The molecule has 8 heteroatoms. The Morgan fingerprint density at radius 3 is 2.68 bits per heavy atom. The number of piperazine rings is 1. The van der Waals surface area contributed by atoms with E-state index in [2.05, 4.69) is 25.8 Å². The van der Waals surface area contributed by atoms with E-state index in [0.717, 1.165) is 31.9 Å². The average Bonchev–Trinajstić information content (AvgIpc) is 2.96. The Kier molecular flexibility index (Phi) is 5.57. The molecule has 0 aliphatic carbocycles. The van der Waals surface area contributed by atoms with E-state index in [9.17, 15) is 9.59 Å². The van der Waals surface area contributed by atoms with Gasteiger partial charge >= 0.3 is 0 Å². The Morgan fingerprint density at radius 2 is 2.09 bits per heavy atom. The zero-order valence-electron chi connectivity index (χ0n) is 12.2. The van der Waals surface area contributed by atoms with Crippen LogP contribution in [-0.4, -0.2) is 49.0 Å². The monoisotopic (exact) mass is 325 g/mol. The summed E-state index contributed by atoms with van der Waals surface area (Å²) in [6.45, 7) is 3.86. The second kappa shape index (κ2) is 7.42. The number of nitrogens with zero attached hydrogens (tertiary/aromatic N) is 2. The minimum absolute atomic E-state index is 0. The van der Waals surface area contributed by atoms with Crippen molar-refractivity contribution in [2.24, 2.45) is 0 Å². The normalized spacial score (nSPS) is 21.0. The summed E-state index contributed by atoms with van der Waals surface area (Å²) in [5.74, 6) is 0.237. The molecule has 0 aromatic carbocycles. The molecule has 1 aromatic rings. The molecule has 1 aromatic heterocycles. The fourth-order valence-corrected chi connectivity index (χ4v) is 2.59. The summed E-state index contributed by atoms with van der Waals surface area (Å²) in [5.41, 5.74) is 1.06. The predicted octanol–water partition coefficient (Wildman–Crippen LogP) is 0.130. The van der Waals surface area contributed by atoms with Crippen molar-refractivity contribution in [3.8, 4) is 0 Å². The average molecular weight is 326 g/mol. The highest BCUT2D eigenvalue weighted by Crippen LogP contribution is 2.16.